The van der Waals surface area contributed by atoms with Crippen LogP contribution in [-0.4, -0.2) is 13.9 Å². The van der Waals surface area contributed by atoms with Gasteiger partial charge in [0.05, 0.1) is 16.1 Å². The third-order valence-electron chi connectivity index (χ3n) is 4.60. The van der Waals surface area contributed by atoms with E-state index in [1.807, 2.05) is 72.8 Å². The van der Waals surface area contributed by atoms with Gasteiger partial charge in [-0.2, -0.15) is 4.73 Å². The maximum absolute atomic E-state index is 12.8. The van der Waals surface area contributed by atoms with Gasteiger partial charge in [-0.05, 0) is 48.5 Å². The van der Waals surface area contributed by atoms with Crippen LogP contribution in [0.25, 0.3) is 33.2 Å². The third-order valence-corrected chi connectivity index (χ3v) is 5.78. The summed E-state index contributed by atoms with van der Waals surface area (Å²) in [5.74, 6) is 0. The summed E-state index contributed by atoms with van der Waals surface area (Å²) in [4.78, 5) is 4.00. The van der Waals surface area contributed by atoms with Gasteiger partial charge in [0.2, 0.25) is 0 Å². The predicted octanol–water partition coefficient (Wildman–Crippen LogP) is 5.59. The van der Waals surface area contributed by atoms with Gasteiger partial charge in [-0.1, -0.05) is 48.0 Å². The fourth-order valence-corrected chi connectivity index (χ4v) is 4.22. The highest BCUT2D eigenvalue weighted by Crippen LogP contribution is 2.30. The molecule has 1 unspecified atom stereocenters. The van der Waals surface area contributed by atoms with Gasteiger partial charge in [0.15, 0.2) is 0 Å². The summed E-state index contributed by atoms with van der Waals surface area (Å²) in [5, 5.41) is 2.68. The van der Waals surface area contributed by atoms with Gasteiger partial charge in [0, 0.05) is 21.3 Å². The van der Waals surface area contributed by atoms with Gasteiger partial charge < -0.3 is 9.27 Å². The summed E-state index contributed by atoms with van der Waals surface area (Å²) in [6.45, 7) is 0. The Labute approximate surface area is 168 Å². The lowest BCUT2D eigenvalue weighted by Gasteiger charge is -2.10. The molecule has 0 aliphatic rings. The van der Waals surface area contributed by atoms with Crippen molar-refractivity contribution in [2.45, 2.75) is 4.90 Å². The fourth-order valence-electron chi connectivity index (χ4n) is 3.28. The average Bonchev–Trinajstić information content (AvgIpc) is 3.30. The van der Waals surface area contributed by atoms with Crippen LogP contribution in [0.3, 0.4) is 0 Å². The van der Waals surface area contributed by atoms with Crippen molar-refractivity contribution in [1.82, 2.24) is 9.71 Å². The van der Waals surface area contributed by atoms with Crippen molar-refractivity contribution < 1.29 is 8.49 Å². The molecule has 3 aromatic carbocycles. The number of fused-ring (bicyclic) bond motifs is 2. The smallest absolute Gasteiger partial charge is 0.263 e. The van der Waals surface area contributed by atoms with E-state index in [0.717, 1.165) is 33.2 Å². The Bertz CT molecular complexity index is 1320. The number of nitrogens with zero attached hydrogens (tertiary/aromatic N) is 1. The Morgan fingerprint density at radius 1 is 0.857 bits per heavy atom. The largest absolute Gasteiger partial charge is 0.353 e. The highest BCUT2D eigenvalue weighted by molar-refractivity contribution is 7.80. The second-order valence-electron chi connectivity index (χ2n) is 6.42. The molecule has 5 rings (SSSR count). The molecule has 5 aromatic rings. The maximum atomic E-state index is 12.8. The first kappa shape index (κ1) is 17.1. The SMILES string of the molecule is O=S(On1c(-c2cc3cc(Cl)ccc3[nH]2)cc2ccccc21)c1ccccc1. The zero-order chi connectivity index (χ0) is 19.1. The minimum absolute atomic E-state index is 0.606. The molecule has 6 heteroatoms. The molecule has 0 amide bonds. The molecule has 0 radical (unpaired) electrons. The maximum Gasteiger partial charge on any atom is 0.263 e. The van der Waals surface area contributed by atoms with Crippen molar-refractivity contribution in [2.24, 2.45) is 0 Å². The first-order valence-corrected chi connectivity index (χ1v) is 10.2. The van der Waals surface area contributed by atoms with Gasteiger partial charge >= 0.3 is 0 Å². The van der Waals surface area contributed by atoms with E-state index in [-0.39, 0.29) is 0 Å². The number of aromatic nitrogens is 2. The van der Waals surface area contributed by atoms with E-state index < -0.39 is 11.1 Å². The van der Waals surface area contributed by atoms with Crippen molar-refractivity contribution in [3.05, 3.63) is 90.0 Å². The number of benzene rings is 3. The van der Waals surface area contributed by atoms with Crippen LogP contribution in [0.2, 0.25) is 5.02 Å². The van der Waals surface area contributed by atoms with E-state index in [1.165, 1.54) is 0 Å². The van der Waals surface area contributed by atoms with Crippen molar-refractivity contribution in [1.29, 1.82) is 0 Å². The van der Waals surface area contributed by atoms with Crippen molar-refractivity contribution >= 4 is 44.5 Å². The number of para-hydroxylation sites is 1. The summed E-state index contributed by atoms with van der Waals surface area (Å²) in [7, 11) is 0. The molecule has 0 aliphatic carbocycles. The number of rotatable bonds is 4. The molecule has 0 aliphatic heterocycles. The lowest BCUT2D eigenvalue weighted by molar-refractivity contribution is 0.322. The Morgan fingerprint density at radius 2 is 1.64 bits per heavy atom. The summed E-state index contributed by atoms with van der Waals surface area (Å²) in [6.07, 6.45) is 0. The molecule has 1 N–H and O–H groups in total. The number of hydrogen-bond acceptors (Lipinski definition) is 2. The van der Waals surface area contributed by atoms with Crippen LogP contribution in [0.1, 0.15) is 0 Å². The Balaban J connectivity index is 1.66. The van der Waals surface area contributed by atoms with Gasteiger partial charge in [0.1, 0.15) is 5.69 Å². The number of aromatic amines is 1. The number of H-pyrrole nitrogens is 1. The van der Waals surface area contributed by atoms with Gasteiger partial charge in [-0.15, -0.1) is 0 Å². The van der Waals surface area contributed by atoms with Gasteiger partial charge in [-0.3, -0.25) is 0 Å². The molecule has 4 nitrogen and oxygen atoms in total. The van der Waals surface area contributed by atoms with Gasteiger partial charge in [-0.25, -0.2) is 4.21 Å². The van der Waals surface area contributed by atoms with E-state index in [0.29, 0.717) is 9.92 Å². The quantitative estimate of drug-likeness (QED) is 0.422. The molecule has 2 aromatic heterocycles. The molecule has 1 atom stereocenters. The van der Waals surface area contributed by atoms with Crippen molar-refractivity contribution in [3.8, 4) is 11.4 Å². The predicted molar refractivity (Wildman–Crippen MR) is 114 cm³/mol. The molecular weight excluding hydrogens is 392 g/mol. The molecule has 0 saturated heterocycles. The van der Waals surface area contributed by atoms with E-state index in [9.17, 15) is 4.21 Å². The van der Waals surface area contributed by atoms with E-state index in [2.05, 4.69) is 4.98 Å². The van der Waals surface area contributed by atoms with Gasteiger partial charge in [0.25, 0.3) is 11.1 Å². The first-order chi connectivity index (χ1) is 13.7. The van der Waals surface area contributed by atoms with Crippen molar-refractivity contribution in [3.63, 3.8) is 0 Å². The lowest BCUT2D eigenvalue weighted by Crippen LogP contribution is -2.15. The molecule has 0 spiro atoms. The van der Waals surface area contributed by atoms with Crippen LogP contribution < -0.4 is 4.28 Å². The van der Waals surface area contributed by atoms with E-state index in [4.69, 9.17) is 15.9 Å². The Morgan fingerprint density at radius 3 is 2.50 bits per heavy atom. The standard InChI is InChI=1S/C22H15ClN2O2S/c23-17-10-11-19-16(12-17)13-20(24-19)22-14-15-6-4-5-9-21(15)25(22)27-28(26)18-7-2-1-3-8-18/h1-14,24H. The average molecular weight is 407 g/mol. The number of nitrogens with one attached hydrogen (secondary N) is 1. The first-order valence-electron chi connectivity index (χ1n) is 8.74. The minimum Gasteiger partial charge on any atom is -0.353 e. The lowest BCUT2D eigenvalue weighted by atomic mass is 10.2. The fraction of sp³-hybridized carbons (Fsp3) is 0. The minimum atomic E-state index is -1.65. The Hall–Kier alpha value is -3.02. The summed E-state index contributed by atoms with van der Waals surface area (Å²) < 4.78 is 20.3. The molecule has 0 saturated carbocycles. The van der Waals surface area contributed by atoms with Crippen LogP contribution in [0, 0.1) is 0 Å². The topological polar surface area (TPSA) is 47.0 Å². The zero-order valence-corrected chi connectivity index (χ0v) is 16.2. The molecule has 138 valence electrons. The van der Waals surface area contributed by atoms with Crippen LogP contribution in [0.15, 0.2) is 89.8 Å². The monoisotopic (exact) mass is 406 g/mol. The second kappa shape index (κ2) is 6.86. The molecule has 0 fully saturated rings. The Kier molecular flexibility index (Phi) is 4.19. The highest BCUT2D eigenvalue weighted by Gasteiger charge is 2.17. The van der Waals surface area contributed by atoms with Crippen LogP contribution in [0.4, 0.5) is 0 Å². The summed E-state index contributed by atoms with van der Waals surface area (Å²) in [6, 6.07) is 26.7. The molecular formula is C22H15ClN2O2S. The summed E-state index contributed by atoms with van der Waals surface area (Å²) >= 11 is 4.48. The van der Waals surface area contributed by atoms with Crippen LogP contribution in [0.5, 0.6) is 0 Å². The normalized spacial score (nSPS) is 12.5. The molecule has 28 heavy (non-hydrogen) atoms. The van der Waals surface area contributed by atoms with E-state index >= 15 is 0 Å². The molecule has 2 heterocycles. The van der Waals surface area contributed by atoms with Crippen LogP contribution >= 0.6 is 11.6 Å². The third kappa shape index (κ3) is 2.99. The van der Waals surface area contributed by atoms with E-state index in [1.54, 1.807) is 16.9 Å². The molecule has 0 bridgehead atoms. The highest BCUT2D eigenvalue weighted by atomic mass is 35.5. The zero-order valence-electron chi connectivity index (χ0n) is 14.6. The number of halogens is 1. The summed E-state index contributed by atoms with van der Waals surface area (Å²) in [5.41, 5.74) is 3.47. The van der Waals surface area contributed by atoms with Crippen molar-refractivity contribution in [2.75, 3.05) is 0 Å². The second-order valence-corrected chi connectivity index (χ2v) is 7.95. The number of hydrogen-bond donors (Lipinski definition) is 1. The van der Waals surface area contributed by atoms with Crippen LogP contribution in [-0.2, 0) is 11.1 Å².